The molecule has 1 aromatic heterocycles. The van der Waals surface area contributed by atoms with E-state index in [4.69, 9.17) is 4.74 Å². The molecule has 8 heteroatoms. The summed E-state index contributed by atoms with van der Waals surface area (Å²) in [5.41, 5.74) is 0.993. The molecule has 6 nitrogen and oxygen atoms in total. The lowest BCUT2D eigenvalue weighted by Crippen LogP contribution is -2.26. The Labute approximate surface area is 157 Å². The maximum atomic E-state index is 13.4. The van der Waals surface area contributed by atoms with Crippen molar-refractivity contribution in [1.29, 1.82) is 0 Å². The highest BCUT2D eigenvalue weighted by Crippen LogP contribution is 2.24. The van der Waals surface area contributed by atoms with E-state index in [2.05, 4.69) is 9.71 Å². The van der Waals surface area contributed by atoms with Gasteiger partial charge in [0, 0.05) is 31.0 Å². The number of nitrogens with zero attached hydrogens (tertiary/aromatic N) is 2. The van der Waals surface area contributed by atoms with Crippen LogP contribution in [0.5, 0.6) is 5.75 Å². The first-order chi connectivity index (χ1) is 13.0. The van der Waals surface area contributed by atoms with Crippen LogP contribution in [0.3, 0.4) is 0 Å². The number of halogens is 1. The Balaban J connectivity index is 1.63. The summed E-state index contributed by atoms with van der Waals surface area (Å²) in [5.74, 6) is 0.289. The van der Waals surface area contributed by atoms with Gasteiger partial charge in [0.15, 0.2) is 0 Å². The van der Waals surface area contributed by atoms with Crippen molar-refractivity contribution in [2.45, 2.75) is 17.9 Å². The number of aryl methyl sites for hydroxylation is 1. The van der Waals surface area contributed by atoms with Gasteiger partial charge in [-0.3, -0.25) is 0 Å². The van der Waals surface area contributed by atoms with E-state index in [0.717, 1.165) is 23.5 Å². The average molecular weight is 389 g/mol. The van der Waals surface area contributed by atoms with Gasteiger partial charge in [-0.2, -0.15) is 0 Å². The summed E-state index contributed by atoms with van der Waals surface area (Å²) in [6, 6.07) is 13.2. The molecule has 0 amide bonds. The number of benzene rings is 2. The van der Waals surface area contributed by atoms with Gasteiger partial charge in [0.05, 0.1) is 7.11 Å². The molecule has 0 unspecified atom stereocenters. The third kappa shape index (κ3) is 4.53. The van der Waals surface area contributed by atoms with E-state index in [-0.39, 0.29) is 17.2 Å². The van der Waals surface area contributed by atoms with Crippen LogP contribution in [-0.4, -0.2) is 31.6 Å². The zero-order valence-electron chi connectivity index (χ0n) is 14.8. The number of imidazole rings is 1. The molecule has 0 aliphatic heterocycles. The predicted molar refractivity (Wildman–Crippen MR) is 100 cm³/mol. The van der Waals surface area contributed by atoms with Crippen LogP contribution in [0.2, 0.25) is 0 Å². The average Bonchev–Trinajstić information content (AvgIpc) is 3.14. The third-order valence-electron chi connectivity index (χ3n) is 4.03. The van der Waals surface area contributed by atoms with Gasteiger partial charge in [0.2, 0.25) is 10.0 Å². The van der Waals surface area contributed by atoms with E-state index in [1.807, 2.05) is 41.1 Å². The minimum absolute atomic E-state index is 0.102. The molecule has 0 saturated carbocycles. The van der Waals surface area contributed by atoms with Crippen molar-refractivity contribution >= 4 is 10.0 Å². The number of rotatable bonds is 8. The van der Waals surface area contributed by atoms with Crippen LogP contribution in [0.15, 0.2) is 65.8 Å². The van der Waals surface area contributed by atoms with E-state index in [9.17, 15) is 12.8 Å². The smallest absolute Gasteiger partial charge is 0.244 e. The van der Waals surface area contributed by atoms with Crippen molar-refractivity contribution in [3.63, 3.8) is 0 Å². The lowest BCUT2D eigenvalue weighted by molar-refractivity contribution is 0.400. The SMILES string of the molecule is COc1ccc(F)cc1S(=O)(=O)NCCCn1ccnc1-c1ccccc1. The van der Waals surface area contributed by atoms with E-state index in [1.165, 1.54) is 13.2 Å². The number of hydrogen-bond acceptors (Lipinski definition) is 4. The molecule has 0 aliphatic rings. The molecular weight excluding hydrogens is 369 g/mol. The fourth-order valence-corrected chi connectivity index (χ4v) is 3.98. The van der Waals surface area contributed by atoms with Crippen molar-refractivity contribution < 1.29 is 17.5 Å². The molecule has 0 radical (unpaired) electrons. The Bertz CT molecular complexity index is 1000. The second-order valence-electron chi connectivity index (χ2n) is 5.86. The van der Waals surface area contributed by atoms with Crippen molar-refractivity contribution in [2.24, 2.45) is 0 Å². The standard InChI is InChI=1S/C19H20FN3O3S/c1-26-17-9-8-16(20)14-18(17)27(24,25)22-10-5-12-23-13-11-21-19(23)15-6-3-2-4-7-15/h2-4,6-9,11,13-14,22H,5,10,12H2,1H3. The highest BCUT2D eigenvalue weighted by atomic mass is 32.2. The van der Waals surface area contributed by atoms with Crippen LogP contribution >= 0.6 is 0 Å². The Morgan fingerprint density at radius 3 is 2.70 bits per heavy atom. The normalized spacial score (nSPS) is 11.5. The second kappa shape index (κ2) is 8.32. The minimum Gasteiger partial charge on any atom is -0.495 e. The number of nitrogens with one attached hydrogen (secondary N) is 1. The second-order valence-corrected chi connectivity index (χ2v) is 7.59. The molecular formula is C19H20FN3O3S. The van der Waals surface area contributed by atoms with Gasteiger partial charge in [0.1, 0.15) is 22.3 Å². The molecule has 3 aromatic rings. The topological polar surface area (TPSA) is 73.2 Å². The van der Waals surface area contributed by atoms with Crippen molar-refractivity contribution in [2.75, 3.05) is 13.7 Å². The lowest BCUT2D eigenvalue weighted by Gasteiger charge is -2.12. The van der Waals surface area contributed by atoms with E-state index in [0.29, 0.717) is 13.0 Å². The molecule has 1 heterocycles. The van der Waals surface area contributed by atoms with Crippen LogP contribution in [0.25, 0.3) is 11.4 Å². The van der Waals surface area contributed by atoms with Crippen LogP contribution < -0.4 is 9.46 Å². The summed E-state index contributed by atoms with van der Waals surface area (Å²) in [4.78, 5) is 4.15. The summed E-state index contributed by atoms with van der Waals surface area (Å²) < 4.78 is 47.8. The van der Waals surface area contributed by atoms with Crippen LogP contribution in [-0.2, 0) is 16.6 Å². The highest BCUT2D eigenvalue weighted by molar-refractivity contribution is 7.89. The van der Waals surface area contributed by atoms with Crippen LogP contribution in [0, 0.1) is 5.82 Å². The molecule has 1 N–H and O–H groups in total. The van der Waals surface area contributed by atoms with Gasteiger partial charge in [-0.1, -0.05) is 30.3 Å². The van der Waals surface area contributed by atoms with Gasteiger partial charge >= 0.3 is 0 Å². The number of methoxy groups -OCH3 is 1. The molecule has 3 rings (SSSR count). The molecule has 0 atom stereocenters. The molecule has 2 aromatic carbocycles. The summed E-state index contributed by atoms with van der Waals surface area (Å²) in [7, 11) is -2.53. The number of hydrogen-bond donors (Lipinski definition) is 1. The van der Waals surface area contributed by atoms with Gasteiger partial charge in [-0.05, 0) is 24.6 Å². The Kier molecular flexibility index (Phi) is 5.88. The zero-order chi connectivity index (χ0) is 19.3. The maximum absolute atomic E-state index is 13.4. The third-order valence-corrected chi connectivity index (χ3v) is 5.51. The fourth-order valence-electron chi connectivity index (χ4n) is 2.73. The maximum Gasteiger partial charge on any atom is 0.244 e. The summed E-state index contributed by atoms with van der Waals surface area (Å²) in [5, 5.41) is 0. The Morgan fingerprint density at radius 1 is 1.19 bits per heavy atom. The van der Waals surface area contributed by atoms with E-state index >= 15 is 0 Å². The summed E-state index contributed by atoms with van der Waals surface area (Å²) in [6.45, 7) is 0.793. The monoisotopic (exact) mass is 389 g/mol. The number of aromatic nitrogens is 2. The predicted octanol–water partition coefficient (Wildman–Crippen LogP) is 3.07. The number of ether oxygens (including phenoxy) is 1. The molecule has 0 saturated heterocycles. The van der Waals surface area contributed by atoms with E-state index < -0.39 is 15.8 Å². The van der Waals surface area contributed by atoms with Crippen LogP contribution in [0.4, 0.5) is 4.39 Å². The van der Waals surface area contributed by atoms with Gasteiger partial charge in [-0.25, -0.2) is 22.5 Å². The first-order valence-corrected chi connectivity index (χ1v) is 9.89. The molecule has 0 aliphatic carbocycles. The van der Waals surface area contributed by atoms with Crippen molar-refractivity contribution in [1.82, 2.24) is 14.3 Å². The first kappa shape index (κ1) is 19.1. The van der Waals surface area contributed by atoms with Crippen molar-refractivity contribution in [3.8, 4) is 17.1 Å². The summed E-state index contributed by atoms with van der Waals surface area (Å²) in [6.07, 6.45) is 4.11. The Hall–Kier alpha value is -2.71. The molecule has 0 spiro atoms. The molecule has 0 fully saturated rings. The Morgan fingerprint density at radius 2 is 1.96 bits per heavy atom. The quantitative estimate of drug-likeness (QED) is 0.601. The molecule has 0 bridgehead atoms. The van der Waals surface area contributed by atoms with Gasteiger partial charge in [0.25, 0.3) is 0 Å². The number of sulfonamides is 1. The van der Waals surface area contributed by atoms with Gasteiger partial charge < -0.3 is 9.30 Å². The zero-order valence-corrected chi connectivity index (χ0v) is 15.6. The lowest BCUT2D eigenvalue weighted by atomic mass is 10.2. The van der Waals surface area contributed by atoms with Gasteiger partial charge in [-0.15, -0.1) is 0 Å². The molecule has 27 heavy (non-hydrogen) atoms. The molecule has 142 valence electrons. The van der Waals surface area contributed by atoms with Crippen molar-refractivity contribution in [3.05, 3.63) is 66.7 Å². The minimum atomic E-state index is -3.87. The fraction of sp³-hybridized carbons (Fsp3) is 0.211. The summed E-state index contributed by atoms with van der Waals surface area (Å²) >= 11 is 0. The largest absolute Gasteiger partial charge is 0.495 e. The first-order valence-electron chi connectivity index (χ1n) is 8.41. The van der Waals surface area contributed by atoms with E-state index in [1.54, 1.807) is 6.20 Å². The highest BCUT2D eigenvalue weighted by Gasteiger charge is 2.20. The van der Waals surface area contributed by atoms with Crippen LogP contribution in [0.1, 0.15) is 6.42 Å².